The summed E-state index contributed by atoms with van der Waals surface area (Å²) in [5.74, 6) is 2.51. The smallest absolute Gasteiger partial charge is 0.319 e. The van der Waals surface area contributed by atoms with Gasteiger partial charge in [-0.1, -0.05) is 0 Å². The molecule has 5 rings (SSSR count). The van der Waals surface area contributed by atoms with Crippen LogP contribution in [-0.2, 0) is 17.7 Å². The van der Waals surface area contributed by atoms with E-state index in [2.05, 4.69) is 37.6 Å². The minimum Gasteiger partial charge on any atom is -0.377 e. The van der Waals surface area contributed by atoms with Crippen molar-refractivity contribution in [3.05, 3.63) is 53.9 Å². The first-order chi connectivity index (χ1) is 17.1. The van der Waals surface area contributed by atoms with E-state index in [1.165, 1.54) is 5.56 Å². The van der Waals surface area contributed by atoms with E-state index in [1.54, 1.807) is 6.20 Å². The average molecular weight is 475 g/mol. The van der Waals surface area contributed by atoms with Crippen molar-refractivity contribution < 1.29 is 9.53 Å². The topological polar surface area (TPSA) is 108 Å². The van der Waals surface area contributed by atoms with E-state index in [1.807, 2.05) is 43.3 Å². The van der Waals surface area contributed by atoms with Gasteiger partial charge in [0.15, 0.2) is 11.6 Å². The zero-order valence-electron chi connectivity index (χ0n) is 20.1. The fourth-order valence-electron chi connectivity index (χ4n) is 4.52. The summed E-state index contributed by atoms with van der Waals surface area (Å²) in [6.07, 6.45) is 2.52. The number of hydrogen-bond donors (Lipinski definition) is 2. The van der Waals surface area contributed by atoms with Gasteiger partial charge in [-0.2, -0.15) is 5.10 Å². The number of aromatic nitrogens is 4. The second kappa shape index (κ2) is 10.2. The highest BCUT2D eigenvalue weighted by atomic mass is 16.5. The summed E-state index contributed by atoms with van der Waals surface area (Å²) in [4.78, 5) is 26.5. The second-order valence-electron chi connectivity index (χ2n) is 8.73. The predicted molar refractivity (Wildman–Crippen MR) is 135 cm³/mol. The van der Waals surface area contributed by atoms with Crippen molar-refractivity contribution in [2.45, 2.75) is 32.9 Å². The molecule has 2 N–H and O–H groups in total. The maximum absolute atomic E-state index is 11.8. The fraction of sp³-hybridized carbons (Fsp3) is 0.400. The number of carbonyl (C=O) groups excluding carboxylic acids is 1. The van der Waals surface area contributed by atoms with Gasteiger partial charge in [-0.05, 0) is 56.7 Å². The third-order valence-electron chi connectivity index (χ3n) is 6.30. The lowest BCUT2D eigenvalue weighted by Crippen LogP contribution is -2.45. The number of urea groups is 1. The van der Waals surface area contributed by atoms with Crippen LogP contribution in [0, 0.1) is 0 Å². The molecule has 4 heterocycles. The normalized spacial score (nSPS) is 17.6. The third-order valence-corrected chi connectivity index (χ3v) is 6.30. The summed E-state index contributed by atoms with van der Waals surface area (Å²) < 4.78 is 5.68. The van der Waals surface area contributed by atoms with Crippen molar-refractivity contribution in [1.29, 1.82) is 0 Å². The van der Waals surface area contributed by atoms with Crippen LogP contribution >= 0.6 is 0 Å². The van der Waals surface area contributed by atoms with E-state index in [0.717, 1.165) is 42.4 Å². The zero-order chi connectivity index (χ0) is 24.2. The number of nitrogens with zero attached hydrogens (tertiary/aromatic N) is 6. The highest BCUT2D eigenvalue weighted by Gasteiger charge is 2.29. The van der Waals surface area contributed by atoms with Crippen LogP contribution in [-0.4, -0.2) is 65.1 Å². The zero-order valence-corrected chi connectivity index (χ0v) is 20.1. The third kappa shape index (κ3) is 5.02. The van der Waals surface area contributed by atoms with Gasteiger partial charge in [0.05, 0.1) is 31.5 Å². The van der Waals surface area contributed by atoms with E-state index in [9.17, 15) is 4.79 Å². The van der Waals surface area contributed by atoms with Crippen molar-refractivity contribution in [3.8, 4) is 11.4 Å². The Balaban J connectivity index is 1.49. The summed E-state index contributed by atoms with van der Waals surface area (Å²) in [7, 11) is 0. The molecule has 0 spiro atoms. The highest BCUT2D eigenvalue weighted by Crippen LogP contribution is 2.32. The number of amides is 2. The van der Waals surface area contributed by atoms with E-state index in [0.29, 0.717) is 37.8 Å². The van der Waals surface area contributed by atoms with Gasteiger partial charge in [-0.3, -0.25) is 0 Å². The van der Waals surface area contributed by atoms with E-state index in [4.69, 9.17) is 14.7 Å². The lowest BCUT2D eigenvalue weighted by atomic mass is 10.0. The van der Waals surface area contributed by atoms with E-state index < -0.39 is 0 Å². The van der Waals surface area contributed by atoms with Gasteiger partial charge in [0.2, 0.25) is 0 Å². The van der Waals surface area contributed by atoms with Crippen LogP contribution in [0.15, 0.2) is 42.6 Å². The molecule has 2 amide bonds. The molecule has 0 aliphatic carbocycles. The molecule has 0 unspecified atom stereocenters. The number of nitrogens with one attached hydrogen (secondary N) is 2. The minimum absolute atomic E-state index is 0.224. The van der Waals surface area contributed by atoms with Gasteiger partial charge in [-0.15, -0.1) is 5.10 Å². The van der Waals surface area contributed by atoms with Crippen molar-refractivity contribution in [3.63, 3.8) is 0 Å². The molecule has 0 radical (unpaired) electrons. The van der Waals surface area contributed by atoms with Crippen LogP contribution in [0.2, 0.25) is 0 Å². The molecule has 35 heavy (non-hydrogen) atoms. The van der Waals surface area contributed by atoms with Crippen LogP contribution in [0.4, 0.5) is 22.1 Å². The molecule has 182 valence electrons. The van der Waals surface area contributed by atoms with Crippen molar-refractivity contribution in [1.82, 2.24) is 25.5 Å². The summed E-state index contributed by atoms with van der Waals surface area (Å²) in [6.45, 7) is 8.27. The molecule has 1 aromatic carbocycles. The largest absolute Gasteiger partial charge is 0.377 e. The second-order valence-corrected chi connectivity index (χ2v) is 8.73. The number of ether oxygens (including phenoxy) is 1. The first-order valence-electron chi connectivity index (χ1n) is 12.0. The SMILES string of the molecule is CCNC(=O)Nc1ccc(-c2nc3c(c(N4CCOC[C@@H]4C)n2)CCN(c2cccnn2)C3)cc1. The summed E-state index contributed by atoms with van der Waals surface area (Å²) in [6, 6.07) is 11.5. The molecule has 10 nitrogen and oxygen atoms in total. The molecule has 2 aliphatic rings. The Morgan fingerprint density at radius 3 is 2.77 bits per heavy atom. The fourth-order valence-corrected chi connectivity index (χ4v) is 4.52. The standard InChI is InChI=1S/C25H30N8O2/c1-3-26-25(34)28-19-8-6-18(7-9-19)23-29-21-15-32(22-5-4-11-27-31-22)12-10-20(21)24(30-23)33-13-14-35-16-17(33)2/h4-9,11,17H,3,10,12-16H2,1-2H3,(H2,26,28,34)/t17-/m0/s1. The summed E-state index contributed by atoms with van der Waals surface area (Å²) in [5.41, 5.74) is 3.81. The van der Waals surface area contributed by atoms with Crippen LogP contribution in [0.5, 0.6) is 0 Å². The minimum atomic E-state index is -0.224. The average Bonchev–Trinajstić information content (AvgIpc) is 2.89. The van der Waals surface area contributed by atoms with Gasteiger partial charge in [0.1, 0.15) is 5.82 Å². The van der Waals surface area contributed by atoms with Crippen molar-refractivity contribution in [2.24, 2.45) is 0 Å². The number of anilines is 3. The Morgan fingerprint density at radius 1 is 1.17 bits per heavy atom. The Morgan fingerprint density at radius 2 is 2.03 bits per heavy atom. The molecule has 1 fully saturated rings. The molecular weight excluding hydrogens is 444 g/mol. The number of carbonyl (C=O) groups is 1. The number of benzene rings is 1. The molecule has 1 atom stereocenters. The van der Waals surface area contributed by atoms with Crippen LogP contribution in [0.25, 0.3) is 11.4 Å². The van der Waals surface area contributed by atoms with E-state index >= 15 is 0 Å². The van der Waals surface area contributed by atoms with Crippen molar-refractivity contribution in [2.75, 3.05) is 48.0 Å². The first kappa shape index (κ1) is 23.0. The van der Waals surface area contributed by atoms with E-state index in [-0.39, 0.29) is 12.1 Å². The number of fused-ring (bicyclic) bond motifs is 1. The lowest BCUT2D eigenvalue weighted by Gasteiger charge is -2.38. The van der Waals surface area contributed by atoms with Gasteiger partial charge in [-0.25, -0.2) is 14.8 Å². The molecule has 0 bridgehead atoms. The van der Waals surface area contributed by atoms with Gasteiger partial charge < -0.3 is 25.2 Å². The lowest BCUT2D eigenvalue weighted by molar-refractivity contribution is 0.0984. The monoisotopic (exact) mass is 474 g/mol. The van der Waals surface area contributed by atoms with Crippen LogP contribution in [0.3, 0.4) is 0 Å². The predicted octanol–water partition coefficient (Wildman–Crippen LogP) is 2.86. The maximum atomic E-state index is 11.8. The molecular formula is C25H30N8O2. The number of hydrogen-bond acceptors (Lipinski definition) is 8. The Labute approximate surface area is 204 Å². The van der Waals surface area contributed by atoms with Crippen molar-refractivity contribution >= 4 is 23.4 Å². The van der Waals surface area contributed by atoms with Crippen LogP contribution < -0.4 is 20.4 Å². The van der Waals surface area contributed by atoms with Gasteiger partial charge in [0, 0.05) is 42.6 Å². The molecule has 10 heteroatoms. The molecule has 0 saturated carbocycles. The molecule has 3 aromatic rings. The Hall–Kier alpha value is -3.79. The molecule has 2 aromatic heterocycles. The molecule has 2 aliphatic heterocycles. The van der Waals surface area contributed by atoms with Crippen LogP contribution in [0.1, 0.15) is 25.1 Å². The quantitative estimate of drug-likeness (QED) is 0.581. The molecule has 1 saturated heterocycles. The Kier molecular flexibility index (Phi) is 6.71. The van der Waals surface area contributed by atoms with Gasteiger partial charge >= 0.3 is 6.03 Å². The maximum Gasteiger partial charge on any atom is 0.319 e. The summed E-state index contributed by atoms with van der Waals surface area (Å²) in [5, 5.41) is 13.9. The first-order valence-corrected chi connectivity index (χ1v) is 12.0. The summed E-state index contributed by atoms with van der Waals surface area (Å²) >= 11 is 0. The highest BCUT2D eigenvalue weighted by molar-refractivity contribution is 5.89. The van der Waals surface area contributed by atoms with Gasteiger partial charge in [0.25, 0.3) is 0 Å². The number of morpholine rings is 1. The number of rotatable bonds is 5. The Bertz CT molecular complexity index is 1170.